The van der Waals surface area contributed by atoms with Crippen molar-refractivity contribution in [3.63, 3.8) is 0 Å². The Kier molecular flexibility index (Phi) is 4.92. The van der Waals surface area contributed by atoms with Crippen LogP contribution in [0, 0.1) is 6.92 Å². The Bertz CT molecular complexity index is 510. The number of nitrogens with one attached hydrogen (secondary N) is 1. The first kappa shape index (κ1) is 13.5. The quantitative estimate of drug-likeness (QED) is 0.774. The van der Waals surface area contributed by atoms with Crippen LogP contribution in [0.25, 0.3) is 0 Å². The van der Waals surface area contributed by atoms with Gasteiger partial charge in [-0.1, -0.05) is 0 Å². The Balaban J connectivity index is 1.98. The molecule has 2 aromatic rings. The van der Waals surface area contributed by atoms with Crippen molar-refractivity contribution >= 4 is 5.95 Å². The van der Waals surface area contributed by atoms with Crippen LogP contribution in [0.15, 0.2) is 30.9 Å². The summed E-state index contributed by atoms with van der Waals surface area (Å²) in [7, 11) is 1.72. The van der Waals surface area contributed by atoms with E-state index >= 15 is 0 Å². The van der Waals surface area contributed by atoms with Crippen LogP contribution >= 0.6 is 0 Å². The van der Waals surface area contributed by atoms with Gasteiger partial charge in [0.25, 0.3) is 0 Å². The van der Waals surface area contributed by atoms with Crippen molar-refractivity contribution in [3.05, 3.63) is 42.0 Å². The second-order valence-corrected chi connectivity index (χ2v) is 4.45. The number of nitrogens with zero attached hydrogens (tertiary/aromatic N) is 3. The van der Waals surface area contributed by atoms with E-state index in [4.69, 9.17) is 4.74 Å². The van der Waals surface area contributed by atoms with Crippen LogP contribution in [0.3, 0.4) is 0 Å². The van der Waals surface area contributed by atoms with Crippen molar-refractivity contribution in [1.82, 2.24) is 14.5 Å². The SMILES string of the molecule is COCCCNc1nccn1Cc1ccncc1C. The third-order valence-electron chi connectivity index (χ3n) is 3.00. The fraction of sp³-hybridized carbons (Fsp3) is 0.429. The van der Waals surface area contributed by atoms with Crippen LogP contribution in [-0.4, -0.2) is 34.8 Å². The maximum absolute atomic E-state index is 5.03. The smallest absolute Gasteiger partial charge is 0.203 e. The van der Waals surface area contributed by atoms with E-state index in [1.807, 2.05) is 30.9 Å². The number of aryl methyl sites for hydroxylation is 1. The summed E-state index contributed by atoms with van der Waals surface area (Å²) < 4.78 is 7.14. The number of hydrogen-bond donors (Lipinski definition) is 1. The van der Waals surface area contributed by atoms with E-state index in [0.29, 0.717) is 0 Å². The highest BCUT2D eigenvalue weighted by Crippen LogP contribution is 2.11. The van der Waals surface area contributed by atoms with Crippen molar-refractivity contribution in [2.45, 2.75) is 19.9 Å². The van der Waals surface area contributed by atoms with Crippen molar-refractivity contribution in [1.29, 1.82) is 0 Å². The van der Waals surface area contributed by atoms with Gasteiger partial charge in [0.1, 0.15) is 0 Å². The molecule has 0 aliphatic rings. The third kappa shape index (κ3) is 3.79. The lowest BCUT2D eigenvalue weighted by Crippen LogP contribution is -2.11. The molecule has 0 amide bonds. The molecule has 0 atom stereocenters. The van der Waals surface area contributed by atoms with Crippen LogP contribution in [-0.2, 0) is 11.3 Å². The topological polar surface area (TPSA) is 52.0 Å². The van der Waals surface area contributed by atoms with Crippen molar-refractivity contribution in [3.8, 4) is 0 Å². The van der Waals surface area contributed by atoms with E-state index in [1.165, 1.54) is 11.1 Å². The summed E-state index contributed by atoms with van der Waals surface area (Å²) in [5, 5.41) is 3.32. The van der Waals surface area contributed by atoms with Crippen LogP contribution in [0.5, 0.6) is 0 Å². The number of pyridine rings is 1. The second-order valence-electron chi connectivity index (χ2n) is 4.45. The van der Waals surface area contributed by atoms with Crippen LogP contribution in [0.4, 0.5) is 5.95 Å². The normalized spacial score (nSPS) is 10.6. The fourth-order valence-electron chi connectivity index (χ4n) is 1.88. The number of imidazole rings is 1. The van der Waals surface area contributed by atoms with Crippen molar-refractivity contribution < 1.29 is 4.74 Å². The standard InChI is InChI=1S/C14H20N4O/c1-12-10-15-6-4-13(12)11-18-8-7-17-14(18)16-5-3-9-19-2/h4,6-8,10H,3,5,9,11H2,1-2H3,(H,16,17). The lowest BCUT2D eigenvalue weighted by atomic mass is 10.1. The van der Waals surface area contributed by atoms with E-state index in [9.17, 15) is 0 Å². The first-order valence-corrected chi connectivity index (χ1v) is 6.44. The highest BCUT2D eigenvalue weighted by atomic mass is 16.5. The number of methoxy groups -OCH3 is 1. The molecule has 0 saturated heterocycles. The molecule has 0 aliphatic carbocycles. The van der Waals surface area contributed by atoms with Gasteiger partial charge in [-0.05, 0) is 30.5 Å². The Morgan fingerprint density at radius 2 is 2.26 bits per heavy atom. The molecular weight excluding hydrogens is 240 g/mol. The van der Waals surface area contributed by atoms with Crippen LogP contribution in [0.1, 0.15) is 17.5 Å². The van der Waals surface area contributed by atoms with Crippen LogP contribution < -0.4 is 5.32 Å². The molecule has 5 nitrogen and oxygen atoms in total. The van der Waals surface area contributed by atoms with Gasteiger partial charge in [-0.25, -0.2) is 4.98 Å². The van der Waals surface area contributed by atoms with E-state index < -0.39 is 0 Å². The zero-order chi connectivity index (χ0) is 13.5. The highest BCUT2D eigenvalue weighted by molar-refractivity contribution is 5.29. The second kappa shape index (κ2) is 6.89. The average molecular weight is 260 g/mol. The number of ether oxygens (including phenoxy) is 1. The van der Waals surface area contributed by atoms with Gasteiger partial charge < -0.3 is 14.6 Å². The van der Waals surface area contributed by atoms with Crippen LogP contribution in [0.2, 0.25) is 0 Å². The van der Waals surface area contributed by atoms with Gasteiger partial charge in [0.2, 0.25) is 5.95 Å². The summed E-state index contributed by atoms with van der Waals surface area (Å²) in [6.07, 6.45) is 8.48. The highest BCUT2D eigenvalue weighted by Gasteiger charge is 2.04. The summed E-state index contributed by atoms with van der Waals surface area (Å²) in [5.74, 6) is 0.896. The fourth-order valence-corrected chi connectivity index (χ4v) is 1.88. The molecule has 0 unspecified atom stereocenters. The zero-order valence-electron chi connectivity index (χ0n) is 11.5. The number of aromatic nitrogens is 3. The minimum Gasteiger partial charge on any atom is -0.385 e. The number of hydrogen-bond acceptors (Lipinski definition) is 4. The molecule has 0 aliphatic heterocycles. The molecule has 1 N–H and O–H groups in total. The molecule has 0 spiro atoms. The van der Waals surface area contributed by atoms with E-state index in [0.717, 1.165) is 32.1 Å². The van der Waals surface area contributed by atoms with E-state index in [-0.39, 0.29) is 0 Å². The zero-order valence-corrected chi connectivity index (χ0v) is 11.5. The van der Waals surface area contributed by atoms with Gasteiger partial charge in [0, 0.05) is 45.0 Å². The maximum atomic E-state index is 5.03. The third-order valence-corrected chi connectivity index (χ3v) is 3.00. The molecule has 2 rings (SSSR count). The molecule has 0 radical (unpaired) electrons. The first-order valence-electron chi connectivity index (χ1n) is 6.44. The summed E-state index contributed by atoms with van der Waals surface area (Å²) >= 11 is 0. The summed E-state index contributed by atoms with van der Waals surface area (Å²) in [5.41, 5.74) is 2.45. The minimum absolute atomic E-state index is 0.761. The van der Waals surface area contributed by atoms with Gasteiger partial charge in [-0.15, -0.1) is 0 Å². The van der Waals surface area contributed by atoms with Gasteiger partial charge in [0.05, 0.1) is 6.54 Å². The Morgan fingerprint density at radius 1 is 1.37 bits per heavy atom. The van der Waals surface area contributed by atoms with Crippen molar-refractivity contribution in [2.24, 2.45) is 0 Å². The van der Waals surface area contributed by atoms with Gasteiger partial charge in [-0.2, -0.15) is 0 Å². The summed E-state index contributed by atoms with van der Waals surface area (Å²) in [6, 6.07) is 2.05. The summed E-state index contributed by atoms with van der Waals surface area (Å²) in [6.45, 7) is 4.50. The average Bonchev–Trinajstić information content (AvgIpc) is 2.85. The molecule has 0 fully saturated rings. The molecule has 0 bridgehead atoms. The molecule has 19 heavy (non-hydrogen) atoms. The maximum Gasteiger partial charge on any atom is 0.203 e. The molecule has 102 valence electrons. The number of anilines is 1. The van der Waals surface area contributed by atoms with Crippen molar-refractivity contribution in [2.75, 3.05) is 25.6 Å². The molecule has 2 heterocycles. The molecular formula is C14H20N4O. The van der Waals surface area contributed by atoms with Gasteiger partial charge in [0.15, 0.2) is 0 Å². The Labute approximate surface area is 113 Å². The predicted molar refractivity (Wildman–Crippen MR) is 75.3 cm³/mol. The largest absolute Gasteiger partial charge is 0.385 e. The van der Waals surface area contributed by atoms with E-state index in [1.54, 1.807) is 7.11 Å². The van der Waals surface area contributed by atoms with E-state index in [2.05, 4.69) is 26.8 Å². The Morgan fingerprint density at radius 3 is 3.05 bits per heavy atom. The first-order chi connectivity index (χ1) is 9.31. The molecule has 2 aromatic heterocycles. The predicted octanol–water partition coefficient (Wildman–Crippen LogP) is 2.08. The lowest BCUT2D eigenvalue weighted by Gasteiger charge is -2.11. The number of rotatable bonds is 7. The molecule has 5 heteroatoms. The van der Waals surface area contributed by atoms with Gasteiger partial charge in [-0.3, -0.25) is 4.98 Å². The monoisotopic (exact) mass is 260 g/mol. The summed E-state index contributed by atoms with van der Waals surface area (Å²) in [4.78, 5) is 8.45. The van der Waals surface area contributed by atoms with Gasteiger partial charge >= 0.3 is 0 Å². The molecule has 0 saturated carbocycles. The lowest BCUT2D eigenvalue weighted by molar-refractivity contribution is 0.197. The Hall–Kier alpha value is -1.88. The minimum atomic E-state index is 0.761. The molecule has 0 aromatic carbocycles.